The van der Waals surface area contributed by atoms with Crippen LogP contribution in [0.25, 0.3) is 0 Å². The van der Waals surface area contributed by atoms with Crippen molar-refractivity contribution in [3.8, 4) is 5.75 Å². The number of rotatable bonds is 9. The first kappa shape index (κ1) is 19.3. The van der Waals surface area contributed by atoms with Crippen molar-refractivity contribution in [1.82, 2.24) is 5.32 Å². The van der Waals surface area contributed by atoms with Gasteiger partial charge in [0.2, 0.25) is 5.91 Å². The van der Waals surface area contributed by atoms with Gasteiger partial charge in [-0.3, -0.25) is 9.59 Å². The zero-order valence-corrected chi connectivity index (χ0v) is 15.2. The van der Waals surface area contributed by atoms with Crippen LogP contribution in [0.1, 0.15) is 30.6 Å². The Morgan fingerprint density at radius 1 is 1.00 bits per heavy atom. The van der Waals surface area contributed by atoms with Crippen LogP contribution in [0.2, 0.25) is 0 Å². The lowest BCUT2D eigenvalue weighted by Crippen LogP contribution is -2.24. The summed E-state index contributed by atoms with van der Waals surface area (Å²) in [6, 6.07) is 14.3. The molecule has 0 unspecified atom stereocenters. The SMILES string of the molecule is CCCNC(=O)c1ccc(NC(=O)CNc2cccc(OCC)c2)cc1. The van der Waals surface area contributed by atoms with Gasteiger partial charge in [0, 0.05) is 29.5 Å². The molecule has 2 amide bonds. The van der Waals surface area contributed by atoms with E-state index >= 15 is 0 Å². The number of carbonyl (C=O) groups excluding carboxylic acids is 2. The van der Waals surface area contributed by atoms with E-state index in [0.29, 0.717) is 24.4 Å². The molecule has 0 radical (unpaired) electrons. The summed E-state index contributed by atoms with van der Waals surface area (Å²) in [4.78, 5) is 23.9. The Morgan fingerprint density at radius 2 is 1.77 bits per heavy atom. The molecule has 0 atom stereocenters. The van der Waals surface area contributed by atoms with Gasteiger partial charge in [-0.1, -0.05) is 13.0 Å². The van der Waals surface area contributed by atoms with Crippen molar-refractivity contribution < 1.29 is 14.3 Å². The van der Waals surface area contributed by atoms with Crippen molar-refractivity contribution in [1.29, 1.82) is 0 Å². The Labute approximate surface area is 153 Å². The van der Waals surface area contributed by atoms with Gasteiger partial charge in [-0.2, -0.15) is 0 Å². The van der Waals surface area contributed by atoms with E-state index in [1.807, 2.05) is 38.1 Å². The molecular weight excluding hydrogens is 330 g/mol. The molecule has 0 fully saturated rings. The fraction of sp³-hybridized carbons (Fsp3) is 0.300. The first-order valence-electron chi connectivity index (χ1n) is 8.77. The van der Waals surface area contributed by atoms with Crippen LogP contribution in [0, 0.1) is 0 Å². The molecule has 138 valence electrons. The number of ether oxygens (including phenoxy) is 1. The van der Waals surface area contributed by atoms with Gasteiger partial charge >= 0.3 is 0 Å². The monoisotopic (exact) mass is 355 g/mol. The largest absolute Gasteiger partial charge is 0.494 e. The fourth-order valence-corrected chi connectivity index (χ4v) is 2.30. The molecule has 3 N–H and O–H groups in total. The van der Waals surface area contributed by atoms with E-state index in [4.69, 9.17) is 4.74 Å². The van der Waals surface area contributed by atoms with Crippen molar-refractivity contribution in [3.63, 3.8) is 0 Å². The summed E-state index contributed by atoms with van der Waals surface area (Å²) in [5.74, 6) is 0.477. The van der Waals surface area contributed by atoms with E-state index in [9.17, 15) is 9.59 Å². The molecule has 26 heavy (non-hydrogen) atoms. The van der Waals surface area contributed by atoms with Gasteiger partial charge in [0.25, 0.3) is 5.91 Å². The van der Waals surface area contributed by atoms with E-state index in [1.165, 1.54) is 0 Å². The lowest BCUT2D eigenvalue weighted by Gasteiger charge is -2.10. The highest BCUT2D eigenvalue weighted by Crippen LogP contribution is 2.17. The maximum Gasteiger partial charge on any atom is 0.251 e. The van der Waals surface area contributed by atoms with Crippen molar-refractivity contribution in [2.75, 3.05) is 30.3 Å². The first-order valence-corrected chi connectivity index (χ1v) is 8.77. The third-order valence-electron chi connectivity index (χ3n) is 3.56. The Bertz CT molecular complexity index is 729. The highest BCUT2D eigenvalue weighted by Gasteiger charge is 2.06. The lowest BCUT2D eigenvalue weighted by molar-refractivity contribution is -0.114. The number of hydrogen-bond donors (Lipinski definition) is 3. The van der Waals surface area contributed by atoms with Gasteiger partial charge in [0.1, 0.15) is 5.75 Å². The molecule has 0 aromatic heterocycles. The van der Waals surface area contributed by atoms with E-state index in [2.05, 4.69) is 16.0 Å². The van der Waals surface area contributed by atoms with Crippen molar-refractivity contribution >= 4 is 23.2 Å². The predicted molar refractivity (Wildman–Crippen MR) is 104 cm³/mol. The minimum atomic E-state index is -0.171. The molecule has 0 spiro atoms. The molecule has 0 bridgehead atoms. The molecule has 0 saturated carbocycles. The van der Waals surface area contributed by atoms with Crippen LogP contribution in [0.4, 0.5) is 11.4 Å². The van der Waals surface area contributed by atoms with Crippen LogP contribution < -0.4 is 20.7 Å². The number of amides is 2. The third kappa shape index (κ3) is 6.12. The molecule has 0 saturated heterocycles. The first-order chi connectivity index (χ1) is 12.6. The predicted octanol–water partition coefficient (Wildman–Crippen LogP) is 3.28. The summed E-state index contributed by atoms with van der Waals surface area (Å²) in [5, 5.41) is 8.67. The van der Waals surface area contributed by atoms with Crippen LogP contribution in [-0.2, 0) is 4.79 Å². The van der Waals surface area contributed by atoms with Gasteiger partial charge in [0.05, 0.1) is 13.2 Å². The average molecular weight is 355 g/mol. The molecule has 6 nitrogen and oxygen atoms in total. The summed E-state index contributed by atoms with van der Waals surface area (Å²) in [6.07, 6.45) is 0.889. The van der Waals surface area contributed by atoms with Crippen LogP contribution in [0.3, 0.4) is 0 Å². The van der Waals surface area contributed by atoms with E-state index in [1.54, 1.807) is 24.3 Å². The van der Waals surface area contributed by atoms with Crippen LogP contribution in [0.5, 0.6) is 5.75 Å². The second-order valence-corrected chi connectivity index (χ2v) is 5.70. The van der Waals surface area contributed by atoms with Gasteiger partial charge in [-0.15, -0.1) is 0 Å². The maximum absolute atomic E-state index is 12.1. The summed E-state index contributed by atoms with van der Waals surface area (Å²) in [5.41, 5.74) is 2.03. The number of nitrogens with one attached hydrogen (secondary N) is 3. The zero-order chi connectivity index (χ0) is 18.8. The molecule has 0 aliphatic rings. The summed E-state index contributed by atoms with van der Waals surface area (Å²) < 4.78 is 5.43. The van der Waals surface area contributed by atoms with E-state index < -0.39 is 0 Å². The second-order valence-electron chi connectivity index (χ2n) is 5.70. The molecular formula is C20H25N3O3. The number of benzene rings is 2. The Hall–Kier alpha value is -3.02. The standard InChI is InChI=1S/C20H25N3O3/c1-3-12-21-20(25)15-8-10-16(11-9-15)23-19(24)14-22-17-6-5-7-18(13-17)26-4-2/h5-11,13,22H,3-4,12,14H2,1-2H3,(H,21,25)(H,23,24). The van der Waals surface area contributed by atoms with Gasteiger partial charge in [-0.05, 0) is 49.7 Å². The molecule has 0 heterocycles. The van der Waals surface area contributed by atoms with Crippen LogP contribution in [0.15, 0.2) is 48.5 Å². The zero-order valence-electron chi connectivity index (χ0n) is 15.2. The van der Waals surface area contributed by atoms with Crippen molar-refractivity contribution in [2.45, 2.75) is 20.3 Å². The minimum Gasteiger partial charge on any atom is -0.494 e. The summed E-state index contributed by atoms with van der Waals surface area (Å²) in [7, 11) is 0. The average Bonchev–Trinajstić information content (AvgIpc) is 2.66. The number of anilines is 2. The fourth-order valence-electron chi connectivity index (χ4n) is 2.30. The third-order valence-corrected chi connectivity index (χ3v) is 3.56. The Kier molecular flexibility index (Phi) is 7.49. The van der Waals surface area contributed by atoms with Gasteiger partial charge in [-0.25, -0.2) is 0 Å². The number of hydrogen-bond acceptors (Lipinski definition) is 4. The van der Waals surface area contributed by atoms with Gasteiger partial charge in [0.15, 0.2) is 0 Å². The molecule has 2 aromatic carbocycles. The van der Waals surface area contributed by atoms with Crippen LogP contribution >= 0.6 is 0 Å². The Balaban J connectivity index is 1.84. The lowest BCUT2D eigenvalue weighted by atomic mass is 10.2. The summed E-state index contributed by atoms with van der Waals surface area (Å²) >= 11 is 0. The van der Waals surface area contributed by atoms with Crippen molar-refractivity contribution in [3.05, 3.63) is 54.1 Å². The van der Waals surface area contributed by atoms with E-state index in [-0.39, 0.29) is 18.4 Å². The Morgan fingerprint density at radius 3 is 2.46 bits per heavy atom. The van der Waals surface area contributed by atoms with Crippen molar-refractivity contribution in [2.24, 2.45) is 0 Å². The highest BCUT2D eigenvalue weighted by atomic mass is 16.5. The quantitative estimate of drug-likeness (QED) is 0.645. The normalized spacial score (nSPS) is 10.1. The maximum atomic E-state index is 12.1. The summed E-state index contributed by atoms with van der Waals surface area (Å²) in [6.45, 7) is 5.30. The minimum absolute atomic E-state index is 0.111. The molecule has 0 aliphatic carbocycles. The molecule has 0 aliphatic heterocycles. The molecule has 2 rings (SSSR count). The number of carbonyl (C=O) groups is 2. The highest BCUT2D eigenvalue weighted by molar-refractivity contribution is 5.96. The second kappa shape index (κ2) is 10.1. The topological polar surface area (TPSA) is 79.5 Å². The van der Waals surface area contributed by atoms with E-state index in [0.717, 1.165) is 17.9 Å². The smallest absolute Gasteiger partial charge is 0.251 e. The van der Waals surface area contributed by atoms with Gasteiger partial charge < -0.3 is 20.7 Å². The molecule has 6 heteroatoms. The molecule has 2 aromatic rings. The van der Waals surface area contributed by atoms with Crippen LogP contribution in [-0.4, -0.2) is 31.5 Å².